The van der Waals surface area contributed by atoms with Crippen molar-refractivity contribution in [2.24, 2.45) is 5.16 Å². The molecule has 5 aromatic rings. The second-order valence-corrected chi connectivity index (χ2v) is 15.1. The average molecular weight is 824 g/mol. The Kier molecular flexibility index (Phi) is 12.5. The van der Waals surface area contributed by atoms with Crippen LogP contribution in [0.4, 0.5) is 5.13 Å². The van der Waals surface area contributed by atoms with Gasteiger partial charge >= 0.3 is 5.97 Å². The normalized spacial score (nSPS) is 16.6. The number of methoxy groups -OCH3 is 2. The number of nitrogens with zero attached hydrogens (tertiary/aromatic N) is 3. The summed E-state index contributed by atoms with van der Waals surface area (Å²) >= 11 is 8.91. The van der Waals surface area contributed by atoms with Gasteiger partial charge in [0.2, 0.25) is 6.79 Å². The van der Waals surface area contributed by atoms with Crippen LogP contribution in [0.5, 0.6) is 5.75 Å². The van der Waals surface area contributed by atoms with Gasteiger partial charge in [-0.1, -0.05) is 108 Å². The predicted octanol–water partition coefficient (Wildman–Crippen LogP) is 6.52. The van der Waals surface area contributed by atoms with E-state index in [4.69, 9.17) is 35.6 Å². The lowest BCUT2D eigenvalue weighted by Crippen LogP contribution is -2.71. The molecular formula is C42H38ClN5O7S2. The Hall–Kier alpha value is -5.67. The maximum absolute atomic E-state index is 14.0. The van der Waals surface area contributed by atoms with E-state index in [1.54, 1.807) is 36.8 Å². The molecule has 1 aromatic heterocycles. The summed E-state index contributed by atoms with van der Waals surface area (Å²) in [5, 5.41) is 12.2. The summed E-state index contributed by atoms with van der Waals surface area (Å²) < 4.78 is 15.8. The van der Waals surface area contributed by atoms with Gasteiger partial charge in [-0.15, -0.1) is 34.7 Å². The van der Waals surface area contributed by atoms with Gasteiger partial charge in [-0.05, 0) is 40.0 Å². The van der Waals surface area contributed by atoms with E-state index in [2.05, 4.69) is 52.2 Å². The average Bonchev–Trinajstić information content (AvgIpc) is 3.73. The van der Waals surface area contributed by atoms with Crippen molar-refractivity contribution in [3.05, 3.63) is 160 Å². The third-order valence-electron chi connectivity index (χ3n) is 9.42. The third kappa shape index (κ3) is 8.26. The Labute approximate surface area is 342 Å². The molecule has 2 aliphatic rings. The fourth-order valence-corrected chi connectivity index (χ4v) is 9.08. The van der Waals surface area contributed by atoms with E-state index in [-0.39, 0.29) is 36.4 Å². The highest BCUT2D eigenvalue weighted by Gasteiger charge is 2.54. The number of aromatic nitrogens is 1. The highest BCUT2D eigenvalue weighted by molar-refractivity contribution is 8.00. The molecule has 1 saturated heterocycles. The molecule has 3 heterocycles. The second-order valence-electron chi connectivity index (χ2n) is 12.9. The summed E-state index contributed by atoms with van der Waals surface area (Å²) in [6.45, 7) is -0.245. The highest BCUT2D eigenvalue weighted by atomic mass is 35.5. The van der Waals surface area contributed by atoms with Gasteiger partial charge in [-0.2, -0.15) is 0 Å². The molecule has 1 fully saturated rings. The zero-order chi connectivity index (χ0) is 39.8. The van der Waals surface area contributed by atoms with Crippen molar-refractivity contribution in [1.82, 2.24) is 15.2 Å². The van der Waals surface area contributed by atoms with Crippen molar-refractivity contribution in [1.29, 1.82) is 0 Å². The van der Waals surface area contributed by atoms with Crippen molar-refractivity contribution in [2.75, 3.05) is 38.0 Å². The summed E-state index contributed by atoms with van der Waals surface area (Å²) in [6.07, 6.45) is 0. The number of esters is 1. The number of thioether (sulfide) groups is 1. The van der Waals surface area contributed by atoms with Gasteiger partial charge < -0.3 is 29.7 Å². The van der Waals surface area contributed by atoms with E-state index in [1.807, 2.05) is 54.6 Å². The quantitative estimate of drug-likeness (QED) is 0.0165. The molecule has 0 spiro atoms. The van der Waals surface area contributed by atoms with E-state index in [0.717, 1.165) is 22.3 Å². The summed E-state index contributed by atoms with van der Waals surface area (Å²) in [7, 11) is 3.00. The molecular weight excluding hydrogens is 786 g/mol. The number of anilines is 1. The summed E-state index contributed by atoms with van der Waals surface area (Å²) in [5.74, 6) is -0.803. The number of halogens is 1. The Balaban J connectivity index is 1.12. The van der Waals surface area contributed by atoms with E-state index in [9.17, 15) is 14.4 Å². The number of rotatable bonds is 16. The van der Waals surface area contributed by atoms with Gasteiger partial charge in [0.1, 0.15) is 40.7 Å². The number of β-lactam (4-membered cyclic amide) rings is 1. The van der Waals surface area contributed by atoms with Crippen LogP contribution in [0.2, 0.25) is 0 Å². The molecule has 2 N–H and O–H groups in total. The monoisotopic (exact) mass is 823 g/mol. The van der Waals surface area contributed by atoms with Crippen molar-refractivity contribution in [3.63, 3.8) is 0 Å². The van der Waals surface area contributed by atoms with Crippen molar-refractivity contribution >= 4 is 63.3 Å². The highest BCUT2D eigenvalue weighted by Crippen LogP contribution is 2.42. The molecule has 4 aromatic carbocycles. The van der Waals surface area contributed by atoms with Crippen molar-refractivity contribution in [3.8, 4) is 5.75 Å². The van der Waals surface area contributed by atoms with E-state index in [1.165, 1.54) is 35.1 Å². The molecule has 0 radical (unpaired) electrons. The largest absolute Gasteiger partial charge is 0.497 e. The Morgan fingerprint density at radius 3 is 2.09 bits per heavy atom. The zero-order valence-electron chi connectivity index (χ0n) is 30.9. The predicted molar refractivity (Wildman–Crippen MR) is 220 cm³/mol. The first-order valence-corrected chi connectivity index (χ1v) is 20.3. The fraction of sp³-hybridized carbons (Fsp3) is 0.214. The lowest BCUT2D eigenvalue weighted by atomic mass is 9.77. The molecule has 0 saturated carbocycles. The number of thiazole rings is 1. The van der Waals surface area contributed by atoms with Crippen LogP contribution < -0.4 is 15.4 Å². The van der Waals surface area contributed by atoms with Crippen LogP contribution >= 0.6 is 34.7 Å². The molecule has 57 heavy (non-hydrogen) atoms. The topological polar surface area (TPSA) is 141 Å². The maximum atomic E-state index is 14.0. The maximum Gasteiger partial charge on any atom is 0.355 e. The SMILES string of the molecule is COCO/N=C(\C(=O)N[C@@H]1C(=O)N2C(C(=O)OCc3ccc(OC)cc3)=C(CCl)CS[C@H]12)c1csc(NC(c2ccccc2)(c2ccccc2)c2ccccc2)n1. The smallest absolute Gasteiger partial charge is 0.355 e. The number of carbonyl (C=O) groups is 3. The van der Waals surface area contributed by atoms with Crippen LogP contribution in [-0.4, -0.2) is 77.4 Å². The Morgan fingerprint density at radius 2 is 1.53 bits per heavy atom. The van der Waals surface area contributed by atoms with E-state index < -0.39 is 34.7 Å². The molecule has 2 amide bonds. The Morgan fingerprint density at radius 1 is 0.912 bits per heavy atom. The van der Waals surface area contributed by atoms with Gasteiger partial charge in [0, 0.05) is 24.1 Å². The van der Waals surface area contributed by atoms with Gasteiger partial charge in [0.25, 0.3) is 11.8 Å². The third-order valence-corrected chi connectivity index (χ3v) is 11.8. The first-order chi connectivity index (χ1) is 27.9. The zero-order valence-corrected chi connectivity index (χ0v) is 33.3. The number of hydrogen-bond acceptors (Lipinski definition) is 12. The van der Waals surface area contributed by atoms with Gasteiger partial charge in [0.05, 0.1) is 7.11 Å². The molecule has 2 aliphatic heterocycles. The fourth-order valence-electron chi connectivity index (χ4n) is 6.65. The number of fused-ring (bicyclic) bond motifs is 1. The van der Waals surface area contributed by atoms with Crippen LogP contribution in [-0.2, 0) is 40.8 Å². The second kappa shape index (κ2) is 18.1. The molecule has 0 bridgehead atoms. The summed E-state index contributed by atoms with van der Waals surface area (Å²) in [4.78, 5) is 52.7. The summed E-state index contributed by atoms with van der Waals surface area (Å²) in [5.41, 5.74) is 3.50. The summed E-state index contributed by atoms with van der Waals surface area (Å²) in [6, 6.07) is 36.3. The number of nitrogens with one attached hydrogen (secondary N) is 2. The number of oxime groups is 1. The lowest BCUT2D eigenvalue weighted by Gasteiger charge is -2.49. The molecule has 0 unspecified atom stereocenters. The molecule has 7 rings (SSSR count). The van der Waals surface area contributed by atoms with Gasteiger partial charge in [0.15, 0.2) is 10.8 Å². The van der Waals surface area contributed by atoms with E-state index >= 15 is 0 Å². The molecule has 292 valence electrons. The van der Waals surface area contributed by atoms with Crippen LogP contribution in [0.3, 0.4) is 0 Å². The van der Waals surface area contributed by atoms with Crippen LogP contribution in [0, 0.1) is 0 Å². The number of ether oxygens (including phenoxy) is 3. The lowest BCUT2D eigenvalue weighted by molar-refractivity contribution is -0.153. The number of hydrogen-bond donors (Lipinski definition) is 2. The van der Waals surface area contributed by atoms with Crippen molar-refractivity contribution in [2.45, 2.75) is 23.6 Å². The van der Waals surface area contributed by atoms with Crippen LogP contribution in [0.25, 0.3) is 0 Å². The molecule has 12 nitrogen and oxygen atoms in total. The minimum absolute atomic E-state index is 0.0170. The first-order valence-electron chi connectivity index (χ1n) is 17.8. The van der Waals surface area contributed by atoms with Gasteiger partial charge in [-0.25, -0.2) is 9.78 Å². The Bertz CT molecular complexity index is 2160. The van der Waals surface area contributed by atoms with Crippen LogP contribution in [0.15, 0.2) is 137 Å². The first kappa shape index (κ1) is 39.6. The molecule has 15 heteroatoms. The standard InChI is InChI=1S/C42H38ClN5O7S2/c1-52-26-55-47-34(33-25-57-41(44-33)46-42(29-12-6-3-7-13-29,30-14-8-4-9-15-30)31-16-10-5-11-17-31)37(49)45-35-38(50)48-36(28(22-43)24-56-39(35)48)40(51)54-23-27-18-20-32(53-2)21-19-27/h3-21,25,35,39H,22-24,26H2,1-2H3,(H,44,46)(H,45,49)/b47-34-/t35-,39-/m1/s1. The minimum atomic E-state index is -0.977. The molecule has 2 atom stereocenters. The van der Waals surface area contributed by atoms with E-state index in [0.29, 0.717) is 22.2 Å². The number of carbonyl (C=O) groups excluding carboxylic acids is 3. The molecule has 0 aliphatic carbocycles. The number of alkyl halides is 1. The van der Waals surface area contributed by atoms with Crippen LogP contribution in [0.1, 0.15) is 27.9 Å². The minimum Gasteiger partial charge on any atom is -0.497 e. The van der Waals surface area contributed by atoms with Gasteiger partial charge in [-0.3, -0.25) is 14.5 Å². The van der Waals surface area contributed by atoms with Crippen molar-refractivity contribution < 1.29 is 33.4 Å². The number of amides is 2. The number of benzene rings is 4.